The summed E-state index contributed by atoms with van der Waals surface area (Å²) >= 11 is 6.06. The summed E-state index contributed by atoms with van der Waals surface area (Å²) in [6, 6.07) is 6.21. The molecule has 0 aromatic heterocycles. The molecule has 0 saturated heterocycles. The summed E-state index contributed by atoms with van der Waals surface area (Å²) in [7, 11) is 0. The number of hydrogen-bond donors (Lipinski definition) is 1. The molecule has 2 nitrogen and oxygen atoms in total. The predicted molar refractivity (Wildman–Crippen MR) is 73.7 cm³/mol. The van der Waals surface area contributed by atoms with Crippen LogP contribution in [0, 0.1) is 6.92 Å². The number of aryl methyl sites for hydroxylation is 1. The van der Waals surface area contributed by atoms with Gasteiger partial charge >= 0.3 is 0 Å². The van der Waals surface area contributed by atoms with Crippen LogP contribution >= 0.6 is 11.6 Å². The Balaban J connectivity index is 2.84. The van der Waals surface area contributed by atoms with Gasteiger partial charge in [0, 0.05) is 5.02 Å². The van der Waals surface area contributed by atoms with E-state index in [1.54, 1.807) is 0 Å². The Morgan fingerprint density at radius 2 is 2.06 bits per heavy atom. The number of halogens is 1. The van der Waals surface area contributed by atoms with Crippen molar-refractivity contribution < 1.29 is 4.74 Å². The fourth-order valence-corrected chi connectivity index (χ4v) is 1.96. The highest BCUT2D eigenvalue weighted by atomic mass is 35.5. The van der Waals surface area contributed by atoms with Crippen molar-refractivity contribution in [3.8, 4) is 0 Å². The second kappa shape index (κ2) is 7.00. The Kier molecular flexibility index (Phi) is 5.96. The highest BCUT2D eigenvalue weighted by Crippen LogP contribution is 2.22. The SMILES string of the molecule is CCNC(COC(C)C)c1cc(Cl)ccc1C. The summed E-state index contributed by atoms with van der Waals surface area (Å²) in [5, 5.41) is 4.21. The Bertz CT molecular complexity index is 352. The average Bonchev–Trinajstić information content (AvgIpc) is 2.27. The smallest absolute Gasteiger partial charge is 0.0665 e. The van der Waals surface area contributed by atoms with E-state index in [4.69, 9.17) is 16.3 Å². The molecule has 96 valence electrons. The molecule has 1 rings (SSSR count). The molecule has 0 aliphatic rings. The van der Waals surface area contributed by atoms with Gasteiger partial charge in [0.1, 0.15) is 0 Å². The van der Waals surface area contributed by atoms with Crippen LogP contribution in [-0.4, -0.2) is 19.3 Å². The molecule has 1 N–H and O–H groups in total. The third kappa shape index (κ3) is 4.66. The van der Waals surface area contributed by atoms with Gasteiger partial charge in [0.15, 0.2) is 0 Å². The first kappa shape index (κ1) is 14.5. The minimum Gasteiger partial charge on any atom is -0.377 e. The number of hydrogen-bond acceptors (Lipinski definition) is 2. The molecule has 0 bridgehead atoms. The second-order valence-corrected chi connectivity index (χ2v) is 4.93. The van der Waals surface area contributed by atoms with Gasteiger partial charge in [-0.25, -0.2) is 0 Å². The first-order chi connectivity index (χ1) is 8.04. The van der Waals surface area contributed by atoms with Gasteiger partial charge in [-0.15, -0.1) is 0 Å². The molecule has 1 aromatic rings. The number of likely N-dealkylation sites (N-methyl/N-ethyl adjacent to an activating group) is 1. The monoisotopic (exact) mass is 255 g/mol. The highest BCUT2D eigenvalue weighted by molar-refractivity contribution is 6.30. The largest absolute Gasteiger partial charge is 0.377 e. The van der Waals surface area contributed by atoms with Crippen LogP contribution in [0.15, 0.2) is 18.2 Å². The summed E-state index contributed by atoms with van der Waals surface area (Å²) in [5.41, 5.74) is 2.47. The van der Waals surface area contributed by atoms with Gasteiger partial charge in [0.25, 0.3) is 0 Å². The van der Waals surface area contributed by atoms with Crippen LogP contribution in [0.5, 0.6) is 0 Å². The molecule has 1 aromatic carbocycles. The van der Waals surface area contributed by atoms with Gasteiger partial charge in [-0.2, -0.15) is 0 Å². The maximum atomic E-state index is 6.06. The molecular weight excluding hydrogens is 234 g/mol. The molecule has 17 heavy (non-hydrogen) atoms. The van der Waals surface area contributed by atoms with Gasteiger partial charge in [0.05, 0.1) is 18.8 Å². The first-order valence-corrected chi connectivity index (χ1v) is 6.53. The minimum atomic E-state index is 0.209. The first-order valence-electron chi connectivity index (χ1n) is 6.15. The van der Waals surface area contributed by atoms with Gasteiger partial charge in [-0.3, -0.25) is 0 Å². The van der Waals surface area contributed by atoms with Gasteiger partial charge in [0.2, 0.25) is 0 Å². The molecule has 0 saturated carbocycles. The lowest BCUT2D eigenvalue weighted by Gasteiger charge is -2.22. The molecule has 1 atom stereocenters. The quantitative estimate of drug-likeness (QED) is 0.837. The normalized spacial score (nSPS) is 13.1. The predicted octanol–water partition coefficient (Wildman–Crippen LogP) is 3.72. The molecule has 1 unspecified atom stereocenters. The van der Waals surface area contributed by atoms with E-state index in [1.165, 1.54) is 11.1 Å². The van der Waals surface area contributed by atoms with Crippen LogP contribution < -0.4 is 5.32 Å². The second-order valence-electron chi connectivity index (χ2n) is 4.49. The van der Waals surface area contributed by atoms with Crippen molar-refractivity contribution in [1.82, 2.24) is 5.32 Å². The van der Waals surface area contributed by atoms with Gasteiger partial charge in [-0.1, -0.05) is 24.6 Å². The third-order valence-corrected chi connectivity index (χ3v) is 2.90. The van der Waals surface area contributed by atoms with Crippen LogP contribution in [0.3, 0.4) is 0 Å². The molecule has 0 heterocycles. The Morgan fingerprint density at radius 1 is 1.35 bits per heavy atom. The summed E-state index contributed by atoms with van der Waals surface area (Å²) < 4.78 is 5.70. The molecule has 0 amide bonds. The van der Waals surface area contributed by atoms with Crippen LogP contribution in [-0.2, 0) is 4.74 Å². The van der Waals surface area contributed by atoms with Gasteiger partial charge < -0.3 is 10.1 Å². The molecule has 3 heteroatoms. The molecule has 0 radical (unpaired) electrons. The van der Waals surface area contributed by atoms with Crippen molar-refractivity contribution in [3.63, 3.8) is 0 Å². The zero-order valence-corrected chi connectivity index (χ0v) is 11.8. The average molecular weight is 256 g/mol. The van der Waals surface area contributed by atoms with Crippen LogP contribution in [0.4, 0.5) is 0 Å². The number of ether oxygens (including phenoxy) is 1. The van der Waals surface area contributed by atoms with Crippen LogP contribution in [0.1, 0.15) is 37.9 Å². The topological polar surface area (TPSA) is 21.3 Å². The van der Waals surface area contributed by atoms with Crippen molar-refractivity contribution in [2.45, 2.75) is 39.8 Å². The minimum absolute atomic E-state index is 0.209. The van der Waals surface area contributed by atoms with Crippen molar-refractivity contribution in [2.24, 2.45) is 0 Å². The summed E-state index contributed by atoms with van der Waals surface area (Å²) in [4.78, 5) is 0. The van der Waals surface area contributed by atoms with Crippen molar-refractivity contribution >= 4 is 11.6 Å². The van der Waals surface area contributed by atoms with Crippen LogP contribution in [0.2, 0.25) is 5.02 Å². The molecular formula is C14H22ClNO. The fourth-order valence-electron chi connectivity index (χ4n) is 1.78. The standard InChI is InChI=1S/C14H22ClNO/c1-5-16-14(9-17-10(2)3)13-8-12(15)7-6-11(13)4/h6-8,10,14,16H,5,9H2,1-4H3. The zero-order valence-electron chi connectivity index (χ0n) is 11.1. The van der Waals surface area contributed by atoms with E-state index in [0.29, 0.717) is 6.61 Å². The van der Waals surface area contributed by atoms with Crippen LogP contribution in [0.25, 0.3) is 0 Å². The number of nitrogens with one attached hydrogen (secondary N) is 1. The van der Waals surface area contributed by atoms with Crippen molar-refractivity contribution in [1.29, 1.82) is 0 Å². The lowest BCUT2D eigenvalue weighted by atomic mass is 10.0. The zero-order chi connectivity index (χ0) is 12.8. The highest BCUT2D eigenvalue weighted by Gasteiger charge is 2.14. The van der Waals surface area contributed by atoms with E-state index in [1.807, 2.05) is 26.0 Å². The van der Waals surface area contributed by atoms with Crippen molar-refractivity contribution in [3.05, 3.63) is 34.3 Å². The summed E-state index contributed by atoms with van der Waals surface area (Å²) in [6.45, 7) is 9.89. The van der Waals surface area contributed by atoms with E-state index in [9.17, 15) is 0 Å². The maximum absolute atomic E-state index is 6.06. The molecule has 0 spiro atoms. The lowest BCUT2D eigenvalue weighted by molar-refractivity contribution is 0.0613. The molecule has 0 aliphatic heterocycles. The molecule has 0 aliphatic carbocycles. The van der Waals surface area contributed by atoms with Crippen molar-refractivity contribution in [2.75, 3.05) is 13.2 Å². The number of benzene rings is 1. The van der Waals surface area contributed by atoms with Gasteiger partial charge in [-0.05, 0) is 50.6 Å². The molecule has 0 fully saturated rings. The van der Waals surface area contributed by atoms with E-state index in [-0.39, 0.29) is 12.1 Å². The van der Waals surface area contributed by atoms with E-state index >= 15 is 0 Å². The summed E-state index contributed by atoms with van der Waals surface area (Å²) in [6.07, 6.45) is 0.246. The Morgan fingerprint density at radius 3 is 2.65 bits per heavy atom. The lowest BCUT2D eigenvalue weighted by Crippen LogP contribution is -2.27. The number of rotatable bonds is 6. The Hall–Kier alpha value is -0.570. The maximum Gasteiger partial charge on any atom is 0.0665 e. The van der Waals surface area contributed by atoms with E-state index in [2.05, 4.69) is 25.2 Å². The van der Waals surface area contributed by atoms with E-state index < -0.39 is 0 Å². The third-order valence-electron chi connectivity index (χ3n) is 2.66. The summed E-state index contributed by atoms with van der Waals surface area (Å²) in [5.74, 6) is 0. The van der Waals surface area contributed by atoms with E-state index in [0.717, 1.165) is 11.6 Å². The fraction of sp³-hybridized carbons (Fsp3) is 0.571. The Labute approximate surface area is 109 Å².